The van der Waals surface area contributed by atoms with Crippen molar-refractivity contribution in [2.45, 2.75) is 6.92 Å². The fourth-order valence-corrected chi connectivity index (χ4v) is 1.94. The number of esters is 1. The first-order valence-electron chi connectivity index (χ1n) is 4.73. The van der Waals surface area contributed by atoms with Gasteiger partial charge in [0.25, 0.3) is 0 Å². The van der Waals surface area contributed by atoms with Crippen molar-refractivity contribution in [1.82, 2.24) is 0 Å². The van der Waals surface area contributed by atoms with Gasteiger partial charge in [-0.25, -0.2) is 4.79 Å². The molecule has 0 saturated heterocycles. The molecule has 0 aliphatic heterocycles. The maximum Gasteiger partial charge on any atom is 0.343 e. The molecule has 4 nitrogen and oxygen atoms in total. The van der Waals surface area contributed by atoms with Crippen molar-refractivity contribution in [2.75, 3.05) is 20.8 Å². The predicted molar refractivity (Wildman–Crippen MR) is 68.2 cm³/mol. The molecule has 16 heavy (non-hydrogen) atoms. The molecule has 1 rings (SSSR count). The highest BCUT2D eigenvalue weighted by atomic mass is 127. The second-order valence-electron chi connectivity index (χ2n) is 2.88. The Kier molecular flexibility index (Phi) is 4.85. The zero-order valence-electron chi connectivity index (χ0n) is 9.37. The van der Waals surface area contributed by atoms with Crippen LogP contribution in [-0.4, -0.2) is 26.8 Å². The van der Waals surface area contributed by atoms with E-state index in [0.717, 1.165) is 3.57 Å². The molecule has 0 aromatic heterocycles. The van der Waals surface area contributed by atoms with Crippen molar-refractivity contribution in [3.8, 4) is 11.5 Å². The zero-order chi connectivity index (χ0) is 12.1. The lowest BCUT2D eigenvalue weighted by atomic mass is 10.2. The first kappa shape index (κ1) is 13.1. The fraction of sp³-hybridized carbons (Fsp3) is 0.364. The topological polar surface area (TPSA) is 44.8 Å². The average Bonchev–Trinajstić information content (AvgIpc) is 2.28. The van der Waals surface area contributed by atoms with Crippen LogP contribution in [0.1, 0.15) is 17.3 Å². The first-order chi connectivity index (χ1) is 7.65. The van der Waals surface area contributed by atoms with Gasteiger partial charge in [0.05, 0.1) is 20.8 Å². The van der Waals surface area contributed by atoms with Crippen LogP contribution in [0.5, 0.6) is 11.5 Å². The third-order valence-electron chi connectivity index (χ3n) is 1.97. The van der Waals surface area contributed by atoms with Crippen molar-refractivity contribution < 1.29 is 19.0 Å². The molecule has 1 aromatic rings. The third kappa shape index (κ3) is 2.58. The summed E-state index contributed by atoms with van der Waals surface area (Å²) in [6.45, 7) is 2.09. The van der Waals surface area contributed by atoms with Crippen LogP contribution in [-0.2, 0) is 4.74 Å². The van der Waals surface area contributed by atoms with E-state index in [1.54, 1.807) is 19.1 Å². The largest absolute Gasteiger partial charge is 0.493 e. The molecule has 0 amide bonds. The number of halogens is 1. The van der Waals surface area contributed by atoms with E-state index in [2.05, 4.69) is 22.6 Å². The smallest absolute Gasteiger partial charge is 0.343 e. The quantitative estimate of drug-likeness (QED) is 0.626. The summed E-state index contributed by atoms with van der Waals surface area (Å²) in [7, 11) is 3.02. The van der Waals surface area contributed by atoms with Crippen LogP contribution in [0.2, 0.25) is 0 Å². The Morgan fingerprint density at radius 1 is 1.31 bits per heavy atom. The summed E-state index contributed by atoms with van der Waals surface area (Å²) >= 11 is 2.06. The zero-order valence-corrected chi connectivity index (χ0v) is 11.5. The summed E-state index contributed by atoms with van der Waals surface area (Å²) in [6.07, 6.45) is 0. The number of ether oxygens (including phenoxy) is 3. The van der Waals surface area contributed by atoms with E-state index in [1.807, 2.05) is 0 Å². The summed E-state index contributed by atoms with van der Waals surface area (Å²) in [5.41, 5.74) is 0.407. The fourth-order valence-electron chi connectivity index (χ4n) is 1.30. The number of carbonyl (C=O) groups excluding carboxylic acids is 1. The van der Waals surface area contributed by atoms with Gasteiger partial charge >= 0.3 is 5.97 Å². The van der Waals surface area contributed by atoms with Gasteiger partial charge in [-0.05, 0) is 41.6 Å². The highest BCUT2D eigenvalue weighted by molar-refractivity contribution is 14.1. The van der Waals surface area contributed by atoms with E-state index in [1.165, 1.54) is 14.2 Å². The molecule has 0 bridgehead atoms. The standard InChI is InChI=1S/C11H13IO4/c1-4-16-11(13)9-7(12)5-6-8(14-2)10(9)15-3/h5-6H,4H2,1-3H3. The maximum atomic E-state index is 11.8. The van der Waals surface area contributed by atoms with Gasteiger partial charge in [0.1, 0.15) is 5.56 Å². The van der Waals surface area contributed by atoms with Crippen LogP contribution < -0.4 is 9.47 Å². The number of rotatable bonds is 4. The molecule has 1 aromatic carbocycles. The highest BCUT2D eigenvalue weighted by Crippen LogP contribution is 2.34. The Hall–Kier alpha value is -0.980. The minimum Gasteiger partial charge on any atom is -0.493 e. The number of hydrogen-bond acceptors (Lipinski definition) is 4. The molecule has 0 spiro atoms. The average molecular weight is 336 g/mol. The van der Waals surface area contributed by atoms with Crippen LogP contribution >= 0.6 is 22.6 Å². The Morgan fingerprint density at radius 2 is 2.00 bits per heavy atom. The second kappa shape index (κ2) is 5.93. The minimum atomic E-state index is -0.400. The normalized spacial score (nSPS) is 9.75. The Labute approximate surface area is 108 Å². The van der Waals surface area contributed by atoms with E-state index < -0.39 is 5.97 Å². The Morgan fingerprint density at radius 3 is 2.50 bits per heavy atom. The molecular formula is C11H13IO4. The molecule has 0 aliphatic carbocycles. The molecule has 0 aliphatic rings. The van der Waals surface area contributed by atoms with Crippen molar-refractivity contribution in [3.63, 3.8) is 0 Å². The van der Waals surface area contributed by atoms with E-state index in [4.69, 9.17) is 14.2 Å². The molecule has 88 valence electrons. The highest BCUT2D eigenvalue weighted by Gasteiger charge is 2.21. The van der Waals surface area contributed by atoms with E-state index in [0.29, 0.717) is 23.7 Å². The number of carbonyl (C=O) groups is 1. The van der Waals surface area contributed by atoms with Gasteiger partial charge < -0.3 is 14.2 Å². The Bertz CT molecular complexity index is 390. The second-order valence-corrected chi connectivity index (χ2v) is 4.04. The molecule has 0 radical (unpaired) electrons. The summed E-state index contributed by atoms with van der Waals surface area (Å²) < 4.78 is 16.1. The van der Waals surface area contributed by atoms with E-state index in [9.17, 15) is 4.79 Å². The molecule has 0 fully saturated rings. The van der Waals surface area contributed by atoms with Crippen molar-refractivity contribution in [3.05, 3.63) is 21.3 Å². The molecule has 0 N–H and O–H groups in total. The molecule has 5 heteroatoms. The third-order valence-corrected chi connectivity index (χ3v) is 2.87. The number of benzene rings is 1. The summed E-state index contributed by atoms with van der Waals surface area (Å²) in [4.78, 5) is 11.8. The van der Waals surface area contributed by atoms with Crippen molar-refractivity contribution >= 4 is 28.6 Å². The Balaban J connectivity index is 3.28. The maximum absolute atomic E-state index is 11.8. The van der Waals surface area contributed by atoms with Gasteiger partial charge in [-0.2, -0.15) is 0 Å². The first-order valence-corrected chi connectivity index (χ1v) is 5.81. The molecule has 0 saturated carbocycles. The monoisotopic (exact) mass is 336 g/mol. The van der Waals surface area contributed by atoms with Gasteiger partial charge in [-0.3, -0.25) is 0 Å². The molecule has 0 atom stereocenters. The van der Waals surface area contributed by atoms with Crippen molar-refractivity contribution in [2.24, 2.45) is 0 Å². The van der Waals surface area contributed by atoms with Crippen LogP contribution in [0.25, 0.3) is 0 Å². The number of hydrogen-bond donors (Lipinski definition) is 0. The van der Waals surface area contributed by atoms with Crippen molar-refractivity contribution in [1.29, 1.82) is 0 Å². The summed E-state index contributed by atoms with van der Waals surface area (Å²) in [6, 6.07) is 3.54. The van der Waals surface area contributed by atoms with Gasteiger partial charge in [0, 0.05) is 3.57 Å². The van der Waals surface area contributed by atoms with E-state index >= 15 is 0 Å². The van der Waals surface area contributed by atoms with Crippen LogP contribution in [0, 0.1) is 3.57 Å². The molecular weight excluding hydrogens is 323 g/mol. The minimum absolute atomic E-state index is 0.329. The van der Waals surface area contributed by atoms with Gasteiger partial charge in [-0.1, -0.05) is 0 Å². The van der Waals surface area contributed by atoms with Gasteiger partial charge in [-0.15, -0.1) is 0 Å². The van der Waals surface area contributed by atoms with E-state index in [-0.39, 0.29) is 0 Å². The predicted octanol–water partition coefficient (Wildman–Crippen LogP) is 2.49. The summed E-state index contributed by atoms with van der Waals surface area (Å²) in [5.74, 6) is 0.529. The summed E-state index contributed by atoms with van der Waals surface area (Å²) in [5, 5.41) is 0. The van der Waals surface area contributed by atoms with Crippen LogP contribution in [0.3, 0.4) is 0 Å². The lowest BCUT2D eigenvalue weighted by Gasteiger charge is -2.13. The SMILES string of the molecule is CCOC(=O)c1c(I)ccc(OC)c1OC. The lowest BCUT2D eigenvalue weighted by molar-refractivity contribution is 0.0520. The number of methoxy groups -OCH3 is 2. The van der Waals surface area contributed by atoms with Crippen LogP contribution in [0.15, 0.2) is 12.1 Å². The lowest BCUT2D eigenvalue weighted by Crippen LogP contribution is -2.09. The van der Waals surface area contributed by atoms with Crippen LogP contribution in [0.4, 0.5) is 0 Å². The van der Waals surface area contributed by atoms with Gasteiger partial charge in [0.15, 0.2) is 11.5 Å². The van der Waals surface area contributed by atoms with Gasteiger partial charge in [0.2, 0.25) is 0 Å². The molecule has 0 unspecified atom stereocenters. The molecule has 0 heterocycles.